The summed E-state index contributed by atoms with van der Waals surface area (Å²) in [6, 6.07) is 14.3. The average Bonchev–Trinajstić information content (AvgIpc) is 2.79. The lowest BCUT2D eigenvalue weighted by Crippen LogP contribution is -2.16. The van der Waals surface area contributed by atoms with Gasteiger partial charge in [0.25, 0.3) is 15.6 Å². The van der Waals surface area contributed by atoms with Gasteiger partial charge in [-0.25, -0.2) is 17.2 Å². The Labute approximate surface area is 194 Å². The van der Waals surface area contributed by atoms with Crippen LogP contribution in [-0.2, 0) is 17.1 Å². The van der Waals surface area contributed by atoms with Crippen LogP contribution in [0.15, 0.2) is 83.1 Å². The predicted molar refractivity (Wildman–Crippen MR) is 128 cm³/mol. The minimum atomic E-state index is -3.75. The number of aryl methyl sites for hydroxylation is 1. The zero-order valence-corrected chi connectivity index (χ0v) is 19.1. The summed E-state index contributed by atoms with van der Waals surface area (Å²) in [5.74, 6) is -1.67. The molecule has 1 N–H and O–H groups in total. The monoisotopic (exact) mass is 482 g/mol. The van der Waals surface area contributed by atoms with Crippen molar-refractivity contribution in [2.24, 2.45) is 7.05 Å². The van der Waals surface area contributed by atoms with E-state index < -0.39 is 21.7 Å². The number of nitrogens with zero attached hydrogens (tertiary/aromatic N) is 1. The van der Waals surface area contributed by atoms with E-state index in [2.05, 4.69) is 4.72 Å². The smallest absolute Gasteiger partial charge is 0.258 e. The van der Waals surface area contributed by atoms with Gasteiger partial charge >= 0.3 is 0 Å². The van der Waals surface area contributed by atoms with Crippen molar-refractivity contribution in [3.63, 3.8) is 0 Å². The third-order valence-electron chi connectivity index (χ3n) is 5.05. The Morgan fingerprint density at radius 2 is 1.65 bits per heavy atom. The number of hydrogen-bond donors (Lipinski definition) is 1. The van der Waals surface area contributed by atoms with E-state index in [4.69, 9.17) is 4.74 Å². The number of ether oxygens (including phenoxy) is 1. The maximum atomic E-state index is 14.3. The number of pyridine rings is 1. The molecule has 0 saturated carbocycles. The van der Waals surface area contributed by atoms with Crippen molar-refractivity contribution in [1.29, 1.82) is 0 Å². The number of allylic oxidation sites excluding steroid dienone is 1. The molecule has 0 aliphatic carbocycles. The molecule has 0 unspecified atom stereocenters. The molecule has 3 aromatic carbocycles. The summed E-state index contributed by atoms with van der Waals surface area (Å²) in [6.45, 7) is 1.58. The molecule has 0 aliphatic heterocycles. The summed E-state index contributed by atoms with van der Waals surface area (Å²) in [4.78, 5) is 12.6. The first-order valence-corrected chi connectivity index (χ1v) is 11.7. The highest BCUT2D eigenvalue weighted by Gasteiger charge is 2.17. The molecule has 174 valence electrons. The summed E-state index contributed by atoms with van der Waals surface area (Å²) in [5, 5.41) is 2.07. The molecular formula is C25H20F2N2O4S. The lowest BCUT2D eigenvalue weighted by atomic mass is 9.99. The maximum absolute atomic E-state index is 14.3. The lowest BCUT2D eigenvalue weighted by Gasteiger charge is -2.16. The van der Waals surface area contributed by atoms with E-state index in [1.807, 2.05) is 0 Å². The average molecular weight is 483 g/mol. The van der Waals surface area contributed by atoms with Gasteiger partial charge in [-0.15, -0.1) is 0 Å². The van der Waals surface area contributed by atoms with Crippen LogP contribution in [0.1, 0.15) is 6.92 Å². The predicted octanol–water partition coefficient (Wildman–Crippen LogP) is 5.55. The number of halogens is 2. The van der Waals surface area contributed by atoms with Crippen LogP contribution in [-0.4, -0.2) is 13.0 Å². The van der Waals surface area contributed by atoms with Crippen LogP contribution in [0.2, 0.25) is 0 Å². The molecule has 0 fully saturated rings. The van der Waals surface area contributed by atoms with Crippen LogP contribution in [0, 0.1) is 11.6 Å². The number of sulfonamides is 1. The number of anilines is 1. The molecule has 1 aromatic heterocycles. The quantitative estimate of drug-likeness (QED) is 0.391. The normalized spacial score (nSPS) is 11.8. The van der Waals surface area contributed by atoms with Crippen molar-refractivity contribution in [1.82, 2.24) is 4.57 Å². The summed E-state index contributed by atoms with van der Waals surface area (Å²) in [7, 11) is -2.16. The number of benzene rings is 3. The van der Waals surface area contributed by atoms with Gasteiger partial charge in [-0.2, -0.15) is 0 Å². The summed E-state index contributed by atoms with van der Waals surface area (Å²) in [5.41, 5.74) is 0.979. The van der Waals surface area contributed by atoms with Crippen LogP contribution in [0.25, 0.3) is 21.9 Å². The SMILES string of the molecule is CC=CS(=O)(=O)Nc1ccc(Oc2ccc(F)cc2F)c(-c2cn(C)c(=O)c3ccccc23)c1. The van der Waals surface area contributed by atoms with Gasteiger partial charge in [0.15, 0.2) is 11.6 Å². The number of aromatic nitrogens is 1. The van der Waals surface area contributed by atoms with Gasteiger partial charge in [-0.1, -0.05) is 24.3 Å². The minimum absolute atomic E-state index is 0.184. The first-order chi connectivity index (χ1) is 16.2. The fraction of sp³-hybridized carbons (Fsp3) is 0.0800. The molecule has 9 heteroatoms. The zero-order valence-electron chi connectivity index (χ0n) is 18.2. The molecule has 4 aromatic rings. The second-order valence-corrected chi connectivity index (χ2v) is 9.07. The molecule has 0 atom stereocenters. The molecule has 0 spiro atoms. The van der Waals surface area contributed by atoms with Gasteiger partial charge in [-0.3, -0.25) is 9.52 Å². The number of nitrogens with one attached hydrogen (secondary N) is 1. The highest BCUT2D eigenvalue weighted by Crippen LogP contribution is 2.39. The van der Waals surface area contributed by atoms with Gasteiger partial charge in [-0.05, 0) is 48.7 Å². The Hall–Kier alpha value is -3.98. The number of fused-ring (bicyclic) bond motifs is 1. The van der Waals surface area contributed by atoms with E-state index in [-0.39, 0.29) is 22.7 Å². The molecule has 0 aliphatic rings. The molecule has 0 radical (unpaired) electrons. The van der Waals surface area contributed by atoms with Gasteiger partial charge in [0, 0.05) is 46.9 Å². The fourth-order valence-corrected chi connectivity index (χ4v) is 4.46. The van der Waals surface area contributed by atoms with Crippen LogP contribution in [0.3, 0.4) is 0 Å². The Morgan fingerprint density at radius 1 is 0.941 bits per heavy atom. The minimum Gasteiger partial charge on any atom is -0.454 e. The van der Waals surface area contributed by atoms with Crippen LogP contribution in [0.5, 0.6) is 11.5 Å². The molecule has 0 bridgehead atoms. The highest BCUT2D eigenvalue weighted by atomic mass is 32.2. The largest absolute Gasteiger partial charge is 0.454 e. The molecule has 1 heterocycles. The Morgan fingerprint density at radius 3 is 2.35 bits per heavy atom. The van der Waals surface area contributed by atoms with E-state index in [1.54, 1.807) is 44.4 Å². The van der Waals surface area contributed by atoms with E-state index in [1.165, 1.54) is 28.8 Å². The third kappa shape index (κ3) is 4.69. The topological polar surface area (TPSA) is 77.4 Å². The number of rotatable bonds is 6. The molecule has 0 saturated heterocycles. The van der Waals surface area contributed by atoms with Crippen molar-refractivity contribution in [3.8, 4) is 22.6 Å². The van der Waals surface area contributed by atoms with Crippen molar-refractivity contribution >= 4 is 26.5 Å². The summed E-state index contributed by atoms with van der Waals surface area (Å²) in [6.07, 6.45) is 2.98. The zero-order chi connectivity index (χ0) is 24.5. The first-order valence-electron chi connectivity index (χ1n) is 10.2. The van der Waals surface area contributed by atoms with E-state index in [0.717, 1.165) is 17.5 Å². The summed E-state index contributed by atoms with van der Waals surface area (Å²) < 4.78 is 61.8. The molecular weight excluding hydrogens is 462 g/mol. The first kappa shape index (κ1) is 23.2. The van der Waals surface area contributed by atoms with Crippen LogP contribution in [0.4, 0.5) is 14.5 Å². The number of hydrogen-bond acceptors (Lipinski definition) is 4. The van der Waals surface area contributed by atoms with Gasteiger partial charge < -0.3 is 9.30 Å². The standard InChI is InChI=1S/C25H20F2N2O4S/c1-3-12-34(31,32)28-17-9-11-23(33-24-10-8-16(26)13-22(24)27)20(14-17)21-15-29(2)25(30)19-7-5-4-6-18(19)21/h3-15,28H,1-2H3. The second-order valence-electron chi connectivity index (χ2n) is 7.51. The Balaban J connectivity index is 1.95. The van der Waals surface area contributed by atoms with E-state index in [0.29, 0.717) is 28.0 Å². The Bertz CT molecular complexity index is 1590. The van der Waals surface area contributed by atoms with E-state index >= 15 is 0 Å². The summed E-state index contributed by atoms with van der Waals surface area (Å²) >= 11 is 0. The third-order valence-corrected chi connectivity index (χ3v) is 6.20. The molecule has 6 nitrogen and oxygen atoms in total. The van der Waals surface area contributed by atoms with Crippen LogP contribution >= 0.6 is 0 Å². The fourth-order valence-electron chi connectivity index (χ4n) is 3.58. The van der Waals surface area contributed by atoms with Crippen molar-refractivity contribution in [3.05, 3.63) is 100 Å². The van der Waals surface area contributed by atoms with Crippen molar-refractivity contribution < 1.29 is 21.9 Å². The lowest BCUT2D eigenvalue weighted by molar-refractivity contribution is 0.439. The van der Waals surface area contributed by atoms with Crippen LogP contribution < -0.4 is 15.0 Å². The second kappa shape index (κ2) is 9.11. The molecule has 34 heavy (non-hydrogen) atoms. The highest BCUT2D eigenvalue weighted by molar-refractivity contribution is 7.95. The maximum Gasteiger partial charge on any atom is 0.258 e. The Kier molecular flexibility index (Phi) is 6.21. The molecule has 0 amide bonds. The van der Waals surface area contributed by atoms with Crippen molar-refractivity contribution in [2.75, 3.05) is 4.72 Å². The van der Waals surface area contributed by atoms with Gasteiger partial charge in [0.1, 0.15) is 11.6 Å². The van der Waals surface area contributed by atoms with Gasteiger partial charge in [0.2, 0.25) is 0 Å². The van der Waals surface area contributed by atoms with E-state index in [9.17, 15) is 22.0 Å². The van der Waals surface area contributed by atoms with Crippen molar-refractivity contribution in [2.45, 2.75) is 6.92 Å². The molecule has 4 rings (SSSR count). The van der Waals surface area contributed by atoms with Gasteiger partial charge in [0.05, 0.1) is 0 Å².